The first kappa shape index (κ1) is 23.8. The van der Waals surface area contributed by atoms with Crippen molar-refractivity contribution in [1.82, 2.24) is 0 Å². The molecular weight excluding hydrogens is 400 g/mol. The highest BCUT2D eigenvalue weighted by Gasteiger charge is 2.50. The second-order valence-electron chi connectivity index (χ2n) is 5.58. The summed E-state index contributed by atoms with van der Waals surface area (Å²) in [5.41, 5.74) is -1.56. The number of benzene rings is 1. The van der Waals surface area contributed by atoms with Crippen LogP contribution in [0.2, 0.25) is 0 Å². The molecule has 0 spiro atoms. The molecule has 0 saturated heterocycles. The van der Waals surface area contributed by atoms with Crippen molar-refractivity contribution < 1.29 is 48.4 Å². The average molecular weight is 418 g/mol. The molecule has 0 saturated carbocycles. The second kappa shape index (κ2) is 9.82. The van der Waals surface area contributed by atoms with Gasteiger partial charge in [-0.3, -0.25) is 0 Å². The van der Waals surface area contributed by atoms with Crippen molar-refractivity contribution >= 4 is 29.8 Å². The van der Waals surface area contributed by atoms with Gasteiger partial charge in [0.25, 0.3) is 0 Å². The minimum absolute atomic E-state index is 0.270. The van der Waals surface area contributed by atoms with Gasteiger partial charge in [0.1, 0.15) is 5.92 Å². The summed E-state index contributed by atoms with van der Waals surface area (Å²) in [4.78, 5) is 59.0. The van der Waals surface area contributed by atoms with Crippen molar-refractivity contribution in [1.29, 1.82) is 0 Å². The normalized spacial score (nSPS) is 11.4. The summed E-state index contributed by atoms with van der Waals surface area (Å²) in [6.45, 7) is 10.8. The van der Waals surface area contributed by atoms with Gasteiger partial charge in [-0.2, -0.15) is 0 Å². The Bertz CT molecular complexity index is 872. The molecule has 1 unspecified atom stereocenters. The van der Waals surface area contributed by atoms with Gasteiger partial charge in [-0.05, 0) is 18.6 Å². The van der Waals surface area contributed by atoms with Gasteiger partial charge in [-0.25, -0.2) is 24.0 Å². The Morgan fingerprint density at radius 1 is 0.867 bits per heavy atom. The van der Waals surface area contributed by atoms with Crippen LogP contribution in [0.5, 0.6) is 0 Å². The highest BCUT2D eigenvalue weighted by molar-refractivity contribution is 6.03. The van der Waals surface area contributed by atoms with E-state index in [1.54, 1.807) is 0 Å². The number of hydrogen-bond donors (Lipinski definition) is 2. The van der Waals surface area contributed by atoms with E-state index in [4.69, 9.17) is 14.2 Å². The third-order valence-electron chi connectivity index (χ3n) is 3.77. The van der Waals surface area contributed by atoms with Crippen LogP contribution < -0.4 is 0 Å². The monoisotopic (exact) mass is 418 g/mol. The lowest BCUT2D eigenvalue weighted by Gasteiger charge is -2.35. The molecule has 0 aliphatic carbocycles. The van der Waals surface area contributed by atoms with E-state index in [2.05, 4.69) is 19.7 Å². The Kier molecular flexibility index (Phi) is 7.80. The summed E-state index contributed by atoms with van der Waals surface area (Å²) >= 11 is 0. The summed E-state index contributed by atoms with van der Waals surface area (Å²) in [6.07, 6.45) is 2.03. The minimum atomic E-state index is -2.83. The molecule has 1 rings (SSSR count). The lowest BCUT2D eigenvalue weighted by atomic mass is 9.90. The molecular formula is C20H18O10. The number of carboxylic acid groups (broad SMARTS) is 2. The van der Waals surface area contributed by atoms with E-state index in [1.807, 2.05) is 0 Å². The molecule has 0 aromatic heterocycles. The Labute approximate surface area is 170 Å². The molecule has 0 heterocycles. The first-order valence-electron chi connectivity index (χ1n) is 8.18. The topological polar surface area (TPSA) is 154 Å². The van der Waals surface area contributed by atoms with E-state index in [0.29, 0.717) is 18.2 Å². The van der Waals surface area contributed by atoms with Gasteiger partial charge in [0, 0.05) is 18.2 Å². The standard InChI is InChI=1S/C20H18O10/c1-5-14(21)28-20(29-15(22)6-2,30-16(23)7-3)11(4)12-9-8-10-13(18(24)25)17(12)19(26)27/h5-11H,1-3H2,4H3,(H,24,25)(H,26,27). The molecule has 1 aromatic carbocycles. The summed E-state index contributed by atoms with van der Waals surface area (Å²) in [5, 5.41) is 18.9. The molecule has 0 bridgehead atoms. The zero-order valence-electron chi connectivity index (χ0n) is 15.8. The number of carbonyl (C=O) groups is 5. The summed E-state index contributed by atoms with van der Waals surface area (Å²) < 4.78 is 15.0. The number of esters is 3. The van der Waals surface area contributed by atoms with Gasteiger partial charge in [-0.1, -0.05) is 31.9 Å². The molecule has 1 aromatic rings. The first-order valence-corrected chi connectivity index (χ1v) is 8.18. The fourth-order valence-electron chi connectivity index (χ4n) is 2.41. The fraction of sp³-hybridized carbons (Fsp3) is 0.150. The second-order valence-corrected chi connectivity index (χ2v) is 5.58. The smallest absolute Gasteiger partial charge is 0.431 e. The molecule has 0 fully saturated rings. The number of ether oxygens (including phenoxy) is 3. The Morgan fingerprint density at radius 2 is 1.30 bits per heavy atom. The number of aromatic carboxylic acids is 2. The molecule has 1 atom stereocenters. The molecule has 10 heteroatoms. The van der Waals surface area contributed by atoms with Crippen molar-refractivity contribution in [2.24, 2.45) is 0 Å². The van der Waals surface area contributed by atoms with Gasteiger partial charge in [0.2, 0.25) is 0 Å². The van der Waals surface area contributed by atoms with Crippen molar-refractivity contribution in [3.8, 4) is 0 Å². The van der Waals surface area contributed by atoms with Crippen LogP contribution in [0.15, 0.2) is 56.2 Å². The van der Waals surface area contributed by atoms with E-state index < -0.39 is 52.9 Å². The molecule has 0 aliphatic heterocycles. The Morgan fingerprint density at radius 3 is 1.63 bits per heavy atom. The summed E-state index contributed by atoms with van der Waals surface area (Å²) in [5.74, 6) is -11.1. The third kappa shape index (κ3) is 5.19. The van der Waals surface area contributed by atoms with E-state index in [1.165, 1.54) is 19.1 Å². The highest BCUT2D eigenvalue weighted by atomic mass is 16.9. The van der Waals surface area contributed by atoms with Crippen LogP contribution in [-0.2, 0) is 28.6 Å². The van der Waals surface area contributed by atoms with E-state index >= 15 is 0 Å². The summed E-state index contributed by atoms with van der Waals surface area (Å²) in [7, 11) is 0. The average Bonchev–Trinajstić information content (AvgIpc) is 2.71. The number of carbonyl (C=O) groups excluding carboxylic acids is 3. The van der Waals surface area contributed by atoms with Gasteiger partial charge >= 0.3 is 35.8 Å². The summed E-state index contributed by atoms with van der Waals surface area (Å²) in [6, 6.07) is 3.43. The number of rotatable bonds is 10. The zero-order chi connectivity index (χ0) is 23.1. The van der Waals surface area contributed by atoms with Crippen LogP contribution in [0.3, 0.4) is 0 Å². The van der Waals surface area contributed by atoms with Crippen molar-refractivity contribution in [2.45, 2.75) is 18.8 Å². The molecule has 0 aliphatic rings. The predicted molar refractivity (Wildman–Crippen MR) is 100 cm³/mol. The lowest BCUT2D eigenvalue weighted by Crippen LogP contribution is -2.48. The van der Waals surface area contributed by atoms with Gasteiger partial charge < -0.3 is 24.4 Å². The van der Waals surface area contributed by atoms with Crippen LogP contribution in [-0.4, -0.2) is 46.0 Å². The largest absolute Gasteiger partial charge is 0.478 e. The van der Waals surface area contributed by atoms with Crippen LogP contribution in [0.1, 0.15) is 39.1 Å². The molecule has 30 heavy (non-hydrogen) atoms. The molecule has 10 nitrogen and oxygen atoms in total. The van der Waals surface area contributed by atoms with E-state index in [-0.39, 0.29) is 5.56 Å². The third-order valence-corrected chi connectivity index (χ3v) is 3.77. The van der Waals surface area contributed by atoms with Crippen molar-refractivity contribution in [2.75, 3.05) is 0 Å². The number of hydrogen-bond acceptors (Lipinski definition) is 8. The molecule has 0 amide bonds. The van der Waals surface area contributed by atoms with E-state index in [9.17, 15) is 34.2 Å². The highest BCUT2D eigenvalue weighted by Crippen LogP contribution is 2.37. The SMILES string of the molecule is C=CC(=O)OC(OC(=O)C=C)(OC(=O)C=C)C(C)c1cccc(C(=O)O)c1C(=O)O. The maximum absolute atomic E-state index is 11.9. The number of carboxylic acids is 2. The minimum Gasteiger partial charge on any atom is -0.478 e. The Hall–Kier alpha value is -4.21. The maximum Gasteiger partial charge on any atom is 0.431 e. The molecule has 2 N–H and O–H groups in total. The molecule has 158 valence electrons. The maximum atomic E-state index is 11.9. The predicted octanol–water partition coefficient (Wildman–Crippen LogP) is 2.03. The first-order chi connectivity index (χ1) is 14.0. The Balaban J connectivity index is 3.83. The van der Waals surface area contributed by atoms with Crippen molar-refractivity contribution in [3.63, 3.8) is 0 Å². The van der Waals surface area contributed by atoms with Gasteiger partial charge in [0.15, 0.2) is 0 Å². The van der Waals surface area contributed by atoms with Gasteiger partial charge in [-0.15, -0.1) is 0 Å². The fourth-order valence-corrected chi connectivity index (χ4v) is 2.41. The van der Waals surface area contributed by atoms with Crippen LogP contribution >= 0.6 is 0 Å². The van der Waals surface area contributed by atoms with E-state index in [0.717, 1.165) is 6.07 Å². The lowest BCUT2D eigenvalue weighted by molar-refractivity contribution is -0.333. The molecule has 0 radical (unpaired) electrons. The van der Waals surface area contributed by atoms with Crippen molar-refractivity contribution in [3.05, 3.63) is 72.9 Å². The van der Waals surface area contributed by atoms with Crippen LogP contribution in [0, 0.1) is 0 Å². The quantitative estimate of drug-likeness (QED) is 0.328. The zero-order valence-corrected chi connectivity index (χ0v) is 15.8. The van der Waals surface area contributed by atoms with Crippen LogP contribution in [0.4, 0.5) is 0 Å². The van der Waals surface area contributed by atoms with Gasteiger partial charge in [0.05, 0.1) is 11.1 Å². The van der Waals surface area contributed by atoms with Crippen LogP contribution in [0.25, 0.3) is 0 Å².